The average molecular weight is 337 g/mol. The van der Waals surface area contributed by atoms with Crippen molar-refractivity contribution in [2.24, 2.45) is 0 Å². The summed E-state index contributed by atoms with van der Waals surface area (Å²) in [6.07, 6.45) is 6.07. The van der Waals surface area contributed by atoms with Crippen molar-refractivity contribution in [3.05, 3.63) is 35.9 Å². The molecular formula is C17H21F2N3O2. The maximum Gasteiger partial charge on any atom is 0.321 e. The number of hydrogen-bond acceptors (Lipinski definition) is 3. The molecule has 0 spiro atoms. The Balaban J connectivity index is 1.57. The van der Waals surface area contributed by atoms with Crippen LogP contribution in [0, 0.1) is 11.6 Å². The number of halogens is 2. The molecule has 2 aliphatic rings. The minimum absolute atomic E-state index is 0.177. The Morgan fingerprint density at radius 3 is 2.46 bits per heavy atom. The second-order valence-electron chi connectivity index (χ2n) is 6.04. The van der Waals surface area contributed by atoms with Crippen molar-refractivity contribution in [1.29, 1.82) is 0 Å². The van der Waals surface area contributed by atoms with Gasteiger partial charge in [0.15, 0.2) is 17.4 Å². The molecule has 3 rings (SSSR count). The van der Waals surface area contributed by atoms with Crippen LogP contribution in [-0.2, 0) is 0 Å². The van der Waals surface area contributed by atoms with Gasteiger partial charge in [-0.15, -0.1) is 0 Å². The number of carbonyl (C=O) groups excluding carboxylic acids is 1. The third-order valence-electron chi connectivity index (χ3n) is 4.60. The highest BCUT2D eigenvalue weighted by atomic mass is 19.1. The summed E-state index contributed by atoms with van der Waals surface area (Å²) in [5, 5.41) is 2.45. The van der Waals surface area contributed by atoms with Crippen molar-refractivity contribution >= 4 is 11.7 Å². The van der Waals surface area contributed by atoms with E-state index in [0.717, 1.165) is 38.1 Å². The molecule has 0 aliphatic carbocycles. The SMILES string of the molecule is COc1cc(F)c(NC(=O)N2CCC(N3CC=CC3)CC2)cc1F. The van der Waals surface area contributed by atoms with Crippen LogP contribution in [0.5, 0.6) is 5.75 Å². The number of anilines is 1. The first-order valence-corrected chi connectivity index (χ1v) is 8.06. The van der Waals surface area contributed by atoms with Gasteiger partial charge in [0.2, 0.25) is 0 Å². The number of nitrogens with zero attached hydrogens (tertiary/aromatic N) is 2. The fourth-order valence-electron chi connectivity index (χ4n) is 3.20. The van der Waals surface area contributed by atoms with Gasteiger partial charge in [0.05, 0.1) is 12.8 Å². The largest absolute Gasteiger partial charge is 0.494 e. The van der Waals surface area contributed by atoms with Gasteiger partial charge < -0.3 is 15.0 Å². The molecule has 1 N–H and O–H groups in total. The molecule has 0 atom stereocenters. The number of amides is 2. The number of ether oxygens (including phenoxy) is 1. The maximum atomic E-state index is 13.9. The van der Waals surface area contributed by atoms with Gasteiger partial charge in [0.1, 0.15) is 0 Å². The molecule has 1 saturated heterocycles. The van der Waals surface area contributed by atoms with Crippen LogP contribution in [0.25, 0.3) is 0 Å². The first-order valence-electron chi connectivity index (χ1n) is 8.06. The van der Waals surface area contributed by atoms with E-state index in [1.807, 2.05) is 0 Å². The van der Waals surface area contributed by atoms with E-state index in [9.17, 15) is 13.6 Å². The number of piperidine rings is 1. The number of urea groups is 1. The zero-order chi connectivity index (χ0) is 17.1. The van der Waals surface area contributed by atoms with E-state index < -0.39 is 17.7 Å². The first kappa shape index (κ1) is 16.7. The number of carbonyl (C=O) groups is 1. The van der Waals surface area contributed by atoms with E-state index in [2.05, 4.69) is 22.4 Å². The summed E-state index contributed by atoms with van der Waals surface area (Å²) in [5.41, 5.74) is -0.177. The lowest BCUT2D eigenvalue weighted by atomic mass is 10.0. The topological polar surface area (TPSA) is 44.8 Å². The summed E-state index contributed by atoms with van der Waals surface area (Å²) in [7, 11) is 1.26. The Labute approximate surface area is 139 Å². The third kappa shape index (κ3) is 3.51. The summed E-state index contributed by atoms with van der Waals surface area (Å²) in [5.74, 6) is -1.63. The Morgan fingerprint density at radius 1 is 1.17 bits per heavy atom. The molecule has 7 heteroatoms. The van der Waals surface area contributed by atoms with Crippen molar-refractivity contribution in [2.75, 3.05) is 38.6 Å². The van der Waals surface area contributed by atoms with Crippen LogP contribution in [-0.4, -0.2) is 55.2 Å². The van der Waals surface area contributed by atoms with Gasteiger partial charge in [-0.25, -0.2) is 13.6 Å². The van der Waals surface area contributed by atoms with Gasteiger partial charge in [0, 0.05) is 44.4 Å². The number of rotatable bonds is 3. The Bertz CT molecular complexity index is 635. The highest BCUT2D eigenvalue weighted by molar-refractivity contribution is 5.89. The predicted molar refractivity (Wildman–Crippen MR) is 87.2 cm³/mol. The number of methoxy groups -OCH3 is 1. The molecule has 130 valence electrons. The summed E-state index contributed by atoms with van der Waals surface area (Å²) in [6, 6.07) is 1.93. The molecule has 1 fully saturated rings. The molecular weight excluding hydrogens is 316 g/mol. The average Bonchev–Trinajstić information content (AvgIpc) is 3.12. The van der Waals surface area contributed by atoms with E-state index in [4.69, 9.17) is 4.74 Å². The molecule has 2 amide bonds. The number of likely N-dealkylation sites (tertiary alicyclic amines) is 1. The van der Waals surface area contributed by atoms with Crippen LogP contribution in [0.2, 0.25) is 0 Å². The van der Waals surface area contributed by atoms with Crippen molar-refractivity contribution in [1.82, 2.24) is 9.80 Å². The first-order chi connectivity index (χ1) is 11.6. The van der Waals surface area contributed by atoms with Crippen LogP contribution in [0.15, 0.2) is 24.3 Å². The third-order valence-corrected chi connectivity index (χ3v) is 4.60. The van der Waals surface area contributed by atoms with Crippen LogP contribution in [0.3, 0.4) is 0 Å². The molecule has 5 nitrogen and oxygen atoms in total. The molecule has 1 aromatic carbocycles. The summed E-state index contributed by atoms with van der Waals surface area (Å²) < 4.78 is 32.3. The molecule has 0 bridgehead atoms. The van der Waals surface area contributed by atoms with Crippen molar-refractivity contribution in [3.63, 3.8) is 0 Å². The smallest absolute Gasteiger partial charge is 0.321 e. The zero-order valence-corrected chi connectivity index (χ0v) is 13.6. The molecule has 0 radical (unpaired) electrons. The standard InChI is InChI=1S/C17H21F2N3O2/c1-24-16-11-13(18)15(10-14(16)19)20-17(23)22-8-4-12(5-9-22)21-6-2-3-7-21/h2-3,10-12H,4-9H2,1H3,(H,20,23). The molecule has 0 saturated carbocycles. The molecule has 2 heterocycles. The van der Waals surface area contributed by atoms with Gasteiger partial charge >= 0.3 is 6.03 Å². The molecule has 0 unspecified atom stereocenters. The summed E-state index contributed by atoms with van der Waals surface area (Å²) >= 11 is 0. The minimum Gasteiger partial charge on any atom is -0.494 e. The molecule has 0 aromatic heterocycles. The van der Waals surface area contributed by atoms with E-state index in [-0.39, 0.29) is 11.4 Å². The van der Waals surface area contributed by atoms with Crippen molar-refractivity contribution in [3.8, 4) is 5.75 Å². The van der Waals surface area contributed by atoms with Crippen LogP contribution in [0.1, 0.15) is 12.8 Å². The highest BCUT2D eigenvalue weighted by Crippen LogP contribution is 2.25. The monoisotopic (exact) mass is 337 g/mol. The van der Waals surface area contributed by atoms with Crippen molar-refractivity contribution in [2.45, 2.75) is 18.9 Å². The second-order valence-corrected chi connectivity index (χ2v) is 6.04. The normalized spacial score (nSPS) is 18.9. The lowest BCUT2D eigenvalue weighted by molar-refractivity contribution is 0.144. The van der Waals surface area contributed by atoms with Gasteiger partial charge in [-0.1, -0.05) is 12.2 Å². The Hall–Kier alpha value is -2.15. The Kier molecular flexibility index (Phi) is 4.99. The molecule has 24 heavy (non-hydrogen) atoms. The number of hydrogen-bond donors (Lipinski definition) is 1. The lowest BCUT2D eigenvalue weighted by Gasteiger charge is -2.36. The fourth-order valence-corrected chi connectivity index (χ4v) is 3.20. The fraction of sp³-hybridized carbons (Fsp3) is 0.471. The maximum absolute atomic E-state index is 13.9. The van der Waals surface area contributed by atoms with Crippen LogP contribution in [0.4, 0.5) is 19.3 Å². The van der Waals surface area contributed by atoms with E-state index in [1.165, 1.54) is 7.11 Å². The number of benzene rings is 1. The minimum atomic E-state index is -0.723. The van der Waals surface area contributed by atoms with Crippen LogP contribution < -0.4 is 10.1 Å². The number of nitrogens with one attached hydrogen (secondary N) is 1. The van der Waals surface area contributed by atoms with Crippen molar-refractivity contribution < 1.29 is 18.3 Å². The van der Waals surface area contributed by atoms with E-state index in [0.29, 0.717) is 19.1 Å². The zero-order valence-electron chi connectivity index (χ0n) is 13.6. The van der Waals surface area contributed by atoms with Gasteiger partial charge in [-0.2, -0.15) is 0 Å². The molecule has 1 aromatic rings. The van der Waals surface area contributed by atoms with Gasteiger partial charge in [0.25, 0.3) is 0 Å². The summed E-state index contributed by atoms with van der Waals surface area (Å²) in [4.78, 5) is 16.3. The second kappa shape index (κ2) is 7.17. The quantitative estimate of drug-likeness (QED) is 0.863. The summed E-state index contributed by atoms with van der Waals surface area (Å²) in [6.45, 7) is 3.14. The van der Waals surface area contributed by atoms with E-state index >= 15 is 0 Å². The van der Waals surface area contributed by atoms with Gasteiger partial charge in [-0.05, 0) is 12.8 Å². The van der Waals surface area contributed by atoms with Gasteiger partial charge in [-0.3, -0.25) is 4.90 Å². The van der Waals surface area contributed by atoms with E-state index in [1.54, 1.807) is 4.90 Å². The lowest BCUT2D eigenvalue weighted by Crippen LogP contribution is -2.47. The highest BCUT2D eigenvalue weighted by Gasteiger charge is 2.27. The Morgan fingerprint density at radius 2 is 1.83 bits per heavy atom. The molecule has 2 aliphatic heterocycles. The van der Waals surface area contributed by atoms with Crippen LogP contribution >= 0.6 is 0 Å². The predicted octanol–water partition coefficient (Wildman–Crippen LogP) is 2.84.